The Kier molecular flexibility index (Phi) is 2.95. The Hall–Kier alpha value is -2.17. The van der Waals surface area contributed by atoms with Crippen molar-refractivity contribution in [2.45, 2.75) is 6.92 Å². The highest BCUT2D eigenvalue weighted by Crippen LogP contribution is 2.05. The number of hydrogen-bond donors (Lipinski definition) is 0. The second-order valence-electron chi connectivity index (χ2n) is 3.06. The van der Waals surface area contributed by atoms with Crippen LogP contribution in [0, 0.1) is 0 Å². The van der Waals surface area contributed by atoms with Gasteiger partial charge in [0.2, 0.25) is 0 Å². The molecule has 2 heterocycles. The second-order valence-corrected chi connectivity index (χ2v) is 3.06. The first kappa shape index (κ1) is 10.4. The van der Waals surface area contributed by atoms with Gasteiger partial charge in [0.05, 0.1) is 18.5 Å². The molecule has 0 amide bonds. The molecule has 2 aromatic heterocycles. The number of imidazole rings is 1. The zero-order valence-corrected chi connectivity index (χ0v) is 8.83. The summed E-state index contributed by atoms with van der Waals surface area (Å²) in [5.74, 6) is -0.367. The van der Waals surface area contributed by atoms with E-state index in [0.717, 1.165) is 11.3 Å². The molecule has 16 heavy (non-hydrogen) atoms. The fourth-order valence-corrected chi connectivity index (χ4v) is 1.31. The monoisotopic (exact) mass is 217 g/mol. The van der Waals surface area contributed by atoms with Crippen molar-refractivity contribution in [3.8, 4) is 0 Å². The predicted molar refractivity (Wildman–Crippen MR) is 58.7 cm³/mol. The van der Waals surface area contributed by atoms with Gasteiger partial charge < -0.3 is 4.74 Å². The molecule has 0 saturated carbocycles. The standard InChI is InChI=1S/C11H11N3O2/c1-2-16-11(15)6-5-9-8-12-10-4-3-7-13-14(9)10/h3-8H,2H2,1H3. The second kappa shape index (κ2) is 4.57. The minimum atomic E-state index is -0.367. The van der Waals surface area contributed by atoms with E-state index in [2.05, 4.69) is 10.1 Å². The van der Waals surface area contributed by atoms with Crippen molar-refractivity contribution in [1.29, 1.82) is 0 Å². The molecule has 0 atom stereocenters. The number of hydrogen-bond acceptors (Lipinski definition) is 4. The first-order valence-corrected chi connectivity index (χ1v) is 4.95. The lowest BCUT2D eigenvalue weighted by Gasteiger charge is -1.95. The van der Waals surface area contributed by atoms with Crippen LogP contribution in [-0.4, -0.2) is 27.2 Å². The molecule has 2 rings (SSSR count). The largest absolute Gasteiger partial charge is 0.463 e. The number of carbonyl (C=O) groups is 1. The summed E-state index contributed by atoms with van der Waals surface area (Å²) in [6.07, 6.45) is 6.31. The van der Waals surface area contributed by atoms with Crippen LogP contribution in [0.15, 0.2) is 30.6 Å². The van der Waals surface area contributed by atoms with E-state index in [1.807, 2.05) is 6.07 Å². The van der Waals surface area contributed by atoms with E-state index >= 15 is 0 Å². The molecule has 0 aliphatic carbocycles. The highest BCUT2D eigenvalue weighted by atomic mass is 16.5. The molecule has 0 aliphatic heterocycles. The van der Waals surface area contributed by atoms with Gasteiger partial charge in [0.15, 0.2) is 5.65 Å². The van der Waals surface area contributed by atoms with Crippen molar-refractivity contribution in [1.82, 2.24) is 14.6 Å². The minimum Gasteiger partial charge on any atom is -0.463 e. The van der Waals surface area contributed by atoms with Gasteiger partial charge in [-0.3, -0.25) is 0 Å². The first-order chi connectivity index (χ1) is 7.81. The van der Waals surface area contributed by atoms with Crippen molar-refractivity contribution in [3.05, 3.63) is 36.3 Å². The van der Waals surface area contributed by atoms with Gasteiger partial charge in [-0.15, -0.1) is 0 Å². The molecule has 0 fully saturated rings. The highest BCUT2D eigenvalue weighted by Gasteiger charge is 2.00. The normalized spacial score (nSPS) is 11.1. The van der Waals surface area contributed by atoms with Gasteiger partial charge in [-0.05, 0) is 25.1 Å². The molecule has 0 N–H and O–H groups in total. The van der Waals surface area contributed by atoms with Gasteiger partial charge in [-0.25, -0.2) is 14.3 Å². The van der Waals surface area contributed by atoms with Crippen molar-refractivity contribution >= 4 is 17.7 Å². The van der Waals surface area contributed by atoms with Gasteiger partial charge >= 0.3 is 5.97 Å². The van der Waals surface area contributed by atoms with Gasteiger partial charge in [-0.2, -0.15) is 5.10 Å². The van der Waals surface area contributed by atoms with E-state index < -0.39 is 0 Å². The summed E-state index contributed by atoms with van der Waals surface area (Å²) in [4.78, 5) is 15.3. The molecule has 0 unspecified atom stereocenters. The van der Waals surface area contributed by atoms with Crippen LogP contribution in [0.5, 0.6) is 0 Å². The van der Waals surface area contributed by atoms with E-state index in [9.17, 15) is 4.79 Å². The zero-order chi connectivity index (χ0) is 11.4. The summed E-state index contributed by atoms with van der Waals surface area (Å²) >= 11 is 0. The van der Waals surface area contributed by atoms with Gasteiger partial charge in [0.25, 0.3) is 0 Å². The molecular formula is C11H11N3O2. The molecular weight excluding hydrogens is 206 g/mol. The number of carbonyl (C=O) groups excluding carboxylic acids is 1. The maximum atomic E-state index is 11.1. The third-order valence-corrected chi connectivity index (χ3v) is 1.98. The minimum absolute atomic E-state index is 0.367. The smallest absolute Gasteiger partial charge is 0.330 e. The third kappa shape index (κ3) is 2.08. The predicted octanol–water partition coefficient (Wildman–Crippen LogP) is 1.31. The number of ether oxygens (including phenoxy) is 1. The fraction of sp³-hybridized carbons (Fsp3) is 0.182. The van der Waals surface area contributed by atoms with Crippen LogP contribution in [-0.2, 0) is 9.53 Å². The van der Waals surface area contributed by atoms with Crippen LogP contribution in [0.4, 0.5) is 0 Å². The van der Waals surface area contributed by atoms with E-state index in [1.54, 1.807) is 36.0 Å². The fourth-order valence-electron chi connectivity index (χ4n) is 1.31. The first-order valence-electron chi connectivity index (χ1n) is 4.95. The van der Waals surface area contributed by atoms with Crippen LogP contribution in [0.25, 0.3) is 11.7 Å². The quantitative estimate of drug-likeness (QED) is 0.574. The third-order valence-electron chi connectivity index (χ3n) is 1.98. The average Bonchev–Trinajstić information content (AvgIpc) is 2.70. The molecule has 82 valence electrons. The lowest BCUT2D eigenvalue weighted by Crippen LogP contribution is -1.99. The Labute approximate surface area is 92.4 Å². The Bertz CT molecular complexity index is 531. The van der Waals surface area contributed by atoms with E-state index in [1.165, 1.54) is 6.08 Å². The topological polar surface area (TPSA) is 56.5 Å². The van der Waals surface area contributed by atoms with Crippen molar-refractivity contribution < 1.29 is 9.53 Å². The van der Waals surface area contributed by atoms with Crippen molar-refractivity contribution in [3.63, 3.8) is 0 Å². The number of nitrogens with zero attached hydrogens (tertiary/aromatic N) is 3. The van der Waals surface area contributed by atoms with E-state index in [0.29, 0.717) is 6.61 Å². The molecule has 5 heteroatoms. The molecule has 5 nitrogen and oxygen atoms in total. The molecule has 0 saturated heterocycles. The molecule has 0 aromatic carbocycles. The van der Waals surface area contributed by atoms with Crippen LogP contribution in [0.3, 0.4) is 0 Å². The summed E-state index contributed by atoms with van der Waals surface area (Å²) < 4.78 is 6.42. The summed E-state index contributed by atoms with van der Waals surface area (Å²) in [6.45, 7) is 2.14. The number of esters is 1. The van der Waals surface area contributed by atoms with Crippen molar-refractivity contribution in [2.75, 3.05) is 6.61 Å². The van der Waals surface area contributed by atoms with E-state index in [-0.39, 0.29) is 5.97 Å². The number of aromatic nitrogens is 3. The molecule has 0 bridgehead atoms. The SMILES string of the molecule is CCOC(=O)C=Cc1cnc2cccnn12. The average molecular weight is 217 g/mol. The van der Waals surface area contributed by atoms with Crippen LogP contribution < -0.4 is 0 Å². The van der Waals surface area contributed by atoms with Gasteiger partial charge in [-0.1, -0.05) is 0 Å². The summed E-state index contributed by atoms with van der Waals surface area (Å²) in [5, 5.41) is 4.12. The van der Waals surface area contributed by atoms with Gasteiger partial charge in [0, 0.05) is 12.3 Å². The molecule has 0 aliphatic rings. The van der Waals surface area contributed by atoms with Crippen LogP contribution >= 0.6 is 0 Å². The van der Waals surface area contributed by atoms with Crippen LogP contribution in [0.1, 0.15) is 12.6 Å². The number of fused-ring (bicyclic) bond motifs is 1. The Morgan fingerprint density at radius 1 is 1.62 bits per heavy atom. The lowest BCUT2D eigenvalue weighted by molar-refractivity contribution is -0.137. The highest BCUT2D eigenvalue weighted by molar-refractivity contribution is 5.86. The Morgan fingerprint density at radius 2 is 2.50 bits per heavy atom. The summed E-state index contributed by atoms with van der Waals surface area (Å²) in [6, 6.07) is 3.65. The van der Waals surface area contributed by atoms with Crippen LogP contribution in [0.2, 0.25) is 0 Å². The molecule has 0 radical (unpaired) electrons. The Morgan fingerprint density at radius 3 is 3.31 bits per heavy atom. The Balaban J connectivity index is 2.24. The lowest BCUT2D eigenvalue weighted by atomic mass is 10.4. The summed E-state index contributed by atoms with van der Waals surface area (Å²) in [7, 11) is 0. The summed E-state index contributed by atoms with van der Waals surface area (Å²) in [5.41, 5.74) is 1.48. The maximum absolute atomic E-state index is 11.1. The van der Waals surface area contributed by atoms with Gasteiger partial charge in [0.1, 0.15) is 0 Å². The van der Waals surface area contributed by atoms with Crippen molar-refractivity contribution in [2.24, 2.45) is 0 Å². The number of rotatable bonds is 3. The van der Waals surface area contributed by atoms with E-state index in [4.69, 9.17) is 4.74 Å². The molecule has 2 aromatic rings. The zero-order valence-electron chi connectivity index (χ0n) is 8.83. The molecule has 0 spiro atoms. The maximum Gasteiger partial charge on any atom is 0.330 e.